The molecule has 0 amide bonds. The van der Waals surface area contributed by atoms with Crippen LogP contribution in [0.4, 0.5) is 0 Å². The van der Waals surface area contributed by atoms with Crippen LogP contribution in [-0.2, 0) is 9.53 Å². The lowest BCUT2D eigenvalue weighted by Crippen LogP contribution is -2.47. The van der Waals surface area contributed by atoms with Crippen LogP contribution in [0.25, 0.3) is 0 Å². The van der Waals surface area contributed by atoms with E-state index in [4.69, 9.17) is 15.2 Å². The Balaban J connectivity index is 2.54. The summed E-state index contributed by atoms with van der Waals surface area (Å²) in [6.07, 6.45) is 0.416. The standard InChI is InChI=1S/C15H23NO3/c1-5-18-14(17)15(4,16)8-9-19-13-10-11(2)6-7-12(13)3/h6-7,10H,5,8-9,16H2,1-4H3. The smallest absolute Gasteiger partial charge is 0.325 e. The van der Waals surface area contributed by atoms with E-state index in [9.17, 15) is 4.79 Å². The maximum absolute atomic E-state index is 11.6. The molecule has 4 heteroatoms. The molecule has 0 fully saturated rings. The van der Waals surface area contributed by atoms with Gasteiger partial charge in [-0.15, -0.1) is 0 Å². The molecule has 1 rings (SSSR count). The molecule has 4 nitrogen and oxygen atoms in total. The van der Waals surface area contributed by atoms with Gasteiger partial charge in [0.05, 0.1) is 13.2 Å². The van der Waals surface area contributed by atoms with Crippen molar-refractivity contribution in [3.8, 4) is 5.75 Å². The van der Waals surface area contributed by atoms with E-state index >= 15 is 0 Å². The van der Waals surface area contributed by atoms with E-state index in [2.05, 4.69) is 0 Å². The lowest BCUT2D eigenvalue weighted by Gasteiger charge is -2.22. The van der Waals surface area contributed by atoms with Gasteiger partial charge in [0.2, 0.25) is 0 Å². The molecule has 0 aliphatic carbocycles. The Bertz CT molecular complexity index is 441. The number of carbonyl (C=O) groups is 1. The van der Waals surface area contributed by atoms with Crippen LogP contribution in [-0.4, -0.2) is 24.7 Å². The Kier molecular flexibility index (Phi) is 5.36. The molecule has 0 bridgehead atoms. The highest BCUT2D eigenvalue weighted by atomic mass is 16.5. The fourth-order valence-corrected chi connectivity index (χ4v) is 1.63. The molecule has 1 unspecified atom stereocenters. The number of esters is 1. The van der Waals surface area contributed by atoms with Crippen molar-refractivity contribution in [1.29, 1.82) is 0 Å². The van der Waals surface area contributed by atoms with Gasteiger partial charge in [0.1, 0.15) is 11.3 Å². The summed E-state index contributed by atoms with van der Waals surface area (Å²) in [4.78, 5) is 11.6. The number of aryl methyl sites for hydroxylation is 2. The van der Waals surface area contributed by atoms with E-state index in [0.29, 0.717) is 19.6 Å². The third kappa shape index (κ3) is 4.56. The highest BCUT2D eigenvalue weighted by molar-refractivity contribution is 5.79. The SMILES string of the molecule is CCOC(=O)C(C)(N)CCOc1cc(C)ccc1C. The number of ether oxygens (including phenoxy) is 2. The lowest BCUT2D eigenvalue weighted by atomic mass is 10.0. The maximum atomic E-state index is 11.6. The highest BCUT2D eigenvalue weighted by Gasteiger charge is 2.29. The topological polar surface area (TPSA) is 61.5 Å². The first-order chi connectivity index (χ1) is 8.86. The second-order valence-electron chi connectivity index (χ2n) is 5.01. The minimum Gasteiger partial charge on any atom is -0.493 e. The van der Waals surface area contributed by atoms with E-state index in [-0.39, 0.29) is 5.97 Å². The molecule has 0 aliphatic rings. The molecule has 0 heterocycles. The van der Waals surface area contributed by atoms with Gasteiger partial charge in [-0.05, 0) is 44.9 Å². The third-order valence-electron chi connectivity index (χ3n) is 2.96. The van der Waals surface area contributed by atoms with Gasteiger partial charge >= 0.3 is 5.97 Å². The van der Waals surface area contributed by atoms with Gasteiger partial charge in [-0.3, -0.25) is 4.79 Å². The predicted octanol–water partition coefficient (Wildman–Crippen LogP) is 2.35. The normalized spacial score (nSPS) is 13.7. The zero-order valence-electron chi connectivity index (χ0n) is 12.2. The van der Waals surface area contributed by atoms with Crippen molar-refractivity contribution in [3.63, 3.8) is 0 Å². The minimum absolute atomic E-state index is 0.337. The summed E-state index contributed by atoms with van der Waals surface area (Å²) in [6, 6.07) is 6.03. The molecule has 0 saturated carbocycles. The first-order valence-corrected chi connectivity index (χ1v) is 6.53. The summed E-state index contributed by atoms with van der Waals surface area (Å²) in [7, 11) is 0. The molecule has 0 aromatic heterocycles. The van der Waals surface area contributed by atoms with Gasteiger partial charge in [0.15, 0.2) is 0 Å². The third-order valence-corrected chi connectivity index (χ3v) is 2.96. The average Bonchev–Trinajstić information content (AvgIpc) is 2.33. The van der Waals surface area contributed by atoms with Crippen LogP contribution in [0, 0.1) is 13.8 Å². The molecule has 0 radical (unpaired) electrons. The first kappa shape index (κ1) is 15.5. The van der Waals surface area contributed by atoms with Crippen LogP contribution >= 0.6 is 0 Å². The highest BCUT2D eigenvalue weighted by Crippen LogP contribution is 2.20. The zero-order chi connectivity index (χ0) is 14.5. The van der Waals surface area contributed by atoms with Crippen LogP contribution in [0.1, 0.15) is 31.4 Å². The van der Waals surface area contributed by atoms with Crippen molar-refractivity contribution >= 4 is 5.97 Å². The maximum Gasteiger partial charge on any atom is 0.325 e. The molecule has 0 aliphatic heterocycles. The van der Waals surface area contributed by atoms with Crippen molar-refractivity contribution in [1.82, 2.24) is 0 Å². The molecule has 0 saturated heterocycles. The second kappa shape index (κ2) is 6.57. The molecule has 0 spiro atoms. The monoisotopic (exact) mass is 265 g/mol. The number of benzene rings is 1. The Morgan fingerprint density at radius 3 is 2.68 bits per heavy atom. The van der Waals surface area contributed by atoms with Crippen molar-refractivity contribution < 1.29 is 14.3 Å². The minimum atomic E-state index is -1.01. The fraction of sp³-hybridized carbons (Fsp3) is 0.533. The Hall–Kier alpha value is -1.55. The predicted molar refractivity (Wildman–Crippen MR) is 75.3 cm³/mol. The number of hydrogen-bond donors (Lipinski definition) is 1. The van der Waals surface area contributed by atoms with E-state index in [1.54, 1.807) is 13.8 Å². The van der Waals surface area contributed by atoms with Gasteiger partial charge in [0, 0.05) is 6.42 Å². The van der Waals surface area contributed by atoms with Gasteiger partial charge in [0.25, 0.3) is 0 Å². The van der Waals surface area contributed by atoms with Gasteiger partial charge in [-0.1, -0.05) is 12.1 Å². The van der Waals surface area contributed by atoms with E-state index < -0.39 is 5.54 Å². The van der Waals surface area contributed by atoms with E-state index in [1.807, 2.05) is 32.0 Å². The van der Waals surface area contributed by atoms with Gasteiger partial charge in [-0.25, -0.2) is 0 Å². The van der Waals surface area contributed by atoms with Crippen molar-refractivity contribution in [2.24, 2.45) is 5.73 Å². The Labute approximate surface area is 114 Å². The summed E-state index contributed by atoms with van der Waals surface area (Å²) in [5.41, 5.74) is 7.13. The van der Waals surface area contributed by atoms with E-state index in [1.165, 1.54) is 0 Å². The molecular weight excluding hydrogens is 242 g/mol. The van der Waals surface area contributed by atoms with Crippen LogP contribution in [0.15, 0.2) is 18.2 Å². The quantitative estimate of drug-likeness (QED) is 0.802. The molecule has 1 aromatic carbocycles. The van der Waals surface area contributed by atoms with Crippen LogP contribution in [0.2, 0.25) is 0 Å². The summed E-state index contributed by atoms with van der Waals surface area (Å²) < 4.78 is 10.6. The number of carbonyl (C=O) groups excluding carboxylic acids is 1. The summed E-state index contributed by atoms with van der Waals surface area (Å²) in [5, 5.41) is 0. The van der Waals surface area contributed by atoms with Crippen LogP contribution < -0.4 is 10.5 Å². The van der Waals surface area contributed by atoms with Gasteiger partial charge < -0.3 is 15.2 Å². The van der Waals surface area contributed by atoms with Crippen LogP contribution in [0.5, 0.6) is 5.75 Å². The molecule has 1 aromatic rings. The molecule has 106 valence electrons. The first-order valence-electron chi connectivity index (χ1n) is 6.53. The van der Waals surface area contributed by atoms with Crippen molar-refractivity contribution in [3.05, 3.63) is 29.3 Å². The average molecular weight is 265 g/mol. The number of nitrogens with two attached hydrogens (primary N) is 1. The van der Waals surface area contributed by atoms with Gasteiger partial charge in [-0.2, -0.15) is 0 Å². The summed E-state index contributed by atoms with van der Waals surface area (Å²) in [5.74, 6) is 0.444. The van der Waals surface area contributed by atoms with Crippen molar-refractivity contribution in [2.75, 3.05) is 13.2 Å². The largest absolute Gasteiger partial charge is 0.493 e. The molecule has 1 atom stereocenters. The summed E-state index contributed by atoms with van der Waals surface area (Å²) in [6.45, 7) is 8.15. The zero-order valence-corrected chi connectivity index (χ0v) is 12.2. The lowest BCUT2D eigenvalue weighted by molar-refractivity contribution is -0.149. The molecule has 2 N–H and O–H groups in total. The number of rotatable bonds is 6. The Morgan fingerprint density at radius 2 is 2.05 bits per heavy atom. The number of hydrogen-bond acceptors (Lipinski definition) is 4. The molecular formula is C15H23NO3. The fourth-order valence-electron chi connectivity index (χ4n) is 1.63. The molecule has 19 heavy (non-hydrogen) atoms. The van der Waals surface area contributed by atoms with Crippen LogP contribution in [0.3, 0.4) is 0 Å². The van der Waals surface area contributed by atoms with Crippen molar-refractivity contribution in [2.45, 2.75) is 39.7 Å². The Morgan fingerprint density at radius 1 is 1.37 bits per heavy atom. The van der Waals surface area contributed by atoms with E-state index in [0.717, 1.165) is 16.9 Å². The second-order valence-corrected chi connectivity index (χ2v) is 5.01. The summed E-state index contributed by atoms with van der Waals surface area (Å²) >= 11 is 0.